The predicted octanol–water partition coefficient (Wildman–Crippen LogP) is 2.69. The summed E-state index contributed by atoms with van der Waals surface area (Å²) in [6.07, 6.45) is 4.98. The van der Waals surface area contributed by atoms with Gasteiger partial charge in [0, 0.05) is 0 Å². The zero-order valence-corrected chi connectivity index (χ0v) is 8.27. The zero-order chi connectivity index (χ0) is 10.2. The van der Waals surface area contributed by atoms with E-state index < -0.39 is 0 Å². The largest absolute Gasteiger partial charge is 0.494 e. The van der Waals surface area contributed by atoms with E-state index in [9.17, 15) is 4.79 Å². The van der Waals surface area contributed by atoms with Gasteiger partial charge in [0.1, 0.15) is 12.0 Å². The molecule has 0 bridgehead atoms. The van der Waals surface area contributed by atoms with Crippen molar-refractivity contribution in [2.75, 3.05) is 6.61 Å². The van der Waals surface area contributed by atoms with Crippen LogP contribution in [0.25, 0.3) is 6.08 Å². The number of carbonyl (C=O) groups excluding carboxylic acids is 1. The summed E-state index contributed by atoms with van der Waals surface area (Å²) in [5.41, 5.74) is 0.978. The van der Waals surface area contributed by atoms with Crippen LogP contribution in [0.4, 0.5) is 0 Å². The lowest BCUT2D eigenvalue weighted by atomic mass is 10.2. The molecule has 0 amide bonds. The van der Waals surface area contributed by atoms with E-state index in [1.165, 1.54) is 6.08 Å². The minimum atomic E-state index is 0.723. The van der Waals surface area contributed by atoms with Crippen LogP contribution in [0.2, 0.25) is 0 Å². The molecule has 0 aliphatic rings. The molecule has 2 heteroatoms. The van der Waals surface area contributed by atoms with Gasteiger partial charge >= 0.3 is 0 Å². The van der Waals surface area contributed by atoms with Crippen molar-refractivity contribution < 1.29 is 9.53 Å². The van der Waals surface area contributed by atoms with Crippen molar-refractivity contribution in [2.24, 2.45) is 0 Å². The van der Waals surface area contributed by atoms with E-state index in [1.54, 1.807) is 6.08 Å². The second-order valence-electron chi connectivity index (χ2n) is 2.92. The van der Waals surface area contributed by atoms with Crippen molar-refractivity contribution in [3.63, 3.8) is 0 Å². The smallest absolute Gasteiger partial charge is 0.142 e. The highest BCUT2D eigenvalue weighted by atomic mass is 16.5. The van der Waals surface area contributed by atoms with Crippen LogP contribution in [0, 0.1) is 0 Å². The molecule has 0 aliphatic heterocycles. The fraction of sp³-hybridized carbons (Fsp3) is 0.250. The Morgan fingerprint density at radius 1 is 1.43 bits per heavy atom. The molecule has 0 heterocycles. The Hall–Kier alpha value is -1.57. The second kappa shape index (κ2) is 5.97. The molecular weight excluding hydrogens is 176 g/mol. The average Bonchev–Trinajstić information content (AvgIpc) is 2.24. The lowest BCUT2D eigenvalue weighted by molar-refractivity contribution is -0.104. The van der Waals surface area contributed by atoms with Crippen LogP contribution >= 0.6 is 0 Å². The van der Waals surface area contributed by atoms with Crippen LogP contribution in [0.3, 0.4) is 0 Å². The monoisotopic (exact) mass is 190 g/mol. The van der Waals surface area contributed by atoms with Crippen molar-refractivity contribution >= 4 is 12.4 Å². The summed E-state index contributed by atoms with van der Waals surface area (Å²) in [5, 5.41) is 0. The zero-order valence-electron chi connectivity index (χ0n) is 8.27. The standard InChI is InChI=1S/C12H14O2/c1-2-9-14-12-7-3-5-11(10-12)6-4-8-13/h3-8,10H,2,9H2,1H3/b6-4+. The van der Waals surface area contributed by atoms with Crippen LogP contribution in [0.5, 0.6) is 5.75 Å². The van der Waals surface area contributed by atoms with Gasteiger partial charge in [-0.2, -0.15) is 0 Å². The normalized spacial score (nSPS) is 10.4. The van der Waals surface area contributed by atoms with Gasteiger partial charge in [-0.05, 0) is 30.2 Å². The van der Waals surface area contributed by atoms with Gasteiger partial charge in [-0.3, -0.25) is 4.79 Å². The quantitative estimate of drug-likeness (QED) is 0.527. The van der Waals surface area contributed by atoms with Gasteiger partial charge in [-0.25, -0.2) is 0 Å². The maximum Gasteiger partial charge on any atom is 0.142 e. The number of carbonyl (C=O) groups is 1. The number of ether oxygens (including phenoxy) is 1. The van der Waals surface area contributed by atoms with Crippen molar-refractivity contribution in [1.82, 2.24) is 0 Å². The van der Waals surface area contributed by atoms with Gasteiger partial charge in [0.25, 0.3) is 0 Å². The number of hydrogen-bond acceptors (Lipinski definition) is 2. The maximum absolute atomic E-state index is 10.1. The molecule has 1 aromatic carbocycles. The fourth-order valence-electron chi connectivity index (χ4n) is 1.08. The Morgan fingerprint density at radius 2 is 2.29 bits per heavy atom. The minimum absolute atomic E-state index is 0.723. The molecule has 74 valence electrons. The first-order valence-electron chi connectivity index (χ1n) is 4.71. The second-order valence-corrected chi connectivity index (χ2v) is 2.92. The van der Waals surface area contributed by atoms with E-state index in [2.05, 4.69) is 6.92 Å². The molecule has 0 saturated carbocycles. The molecule has 0 spiro atoms. The lowest BCUT2D eigenvalue weighted by Crippen LogP contribution is -1.94. The summed E-state index contributed by atoms with van der Waals surface area (Å²) in [7, 11) is 0. The van der Waals surface area contributed by atoms with Gasteiger partial charge in [0.05, 0.1) is 6.61 Å². The van der Waals surface area contributed by atoms with E-state index in [0.29, 0.717) is 0 Å². The third-order valence-corrected chi connectivity index (χ3v) is 1.70. The molecule has 1 rings (SSSR count). The summed E-state index contributed by atoms with van der Waals surface area (Å²) in [6.45, 7) is 2.79. The van der Waals surface area contributed by atoms with Gasteiger partial charge in [0.15, 0.2) is 0 Å². The molecule has 1 aromatic rings. The van der Waals surface area contributed by atoms with Gasteiger partial charge < -0.3 is 4.74 Å². The van der Waals surface area contributed by atoms with Crippen LogP contribution < -0.4 is 4.74 Å². The summed E-state index contributed by atoms with van der Waals surface area (Å²) in [6, 6.07) is 7.66. The van der Waals surface area contributed by atoms with E-state index in [1.807, 2.05) is 24.3 Å². The number of rotatable bonds is 5. The number of aldehydes is 1. The topological polar surface area (TPSA) is 26.3 Å². The number of hydrogen-bond donors (Lipinski definition) is 0. The van der Waals surface area contributed by atoms with Gasteiger partial charge in [0.2, 0.25) is 0 Å². The summed E-state index contributed by atoms with van der Waals surface area (Å²) in [4.78, 5) is 10.1. The van der Waals surface area contributed by atoms with E-state index in [4.69, 9.17) is 4.74 Å². The summed E-state index contributed by atoms with van der Waals surface area (Å²) < 4.78 is 5.45. The number of benzene rings is 1. The third-order valence-electron chi connectivity index (χ3n) is 1.70. The maximum atomic E-state index is 10.1. The highest BCUT2D eigenvalue weighted by Crippen LogP contribution is 2.14. The molecule has 0 aliphatic carbocycles. The van der Waals surface area contributed by atoms with Crippen LogP contribution in [0.1, 0.15) is 18.9 Å². The van der Waals surface area contributed by atoms with E-state index in [0.717, 1.165) is 30.6 Å². The molecule has 0 N–H and O–H groups in total. The Bertz CT molecular complexity index is 316. The van der Waals surface area contributed by atoms with Crippen LogP contribution in [-0.4, -0.2) is 12.9 Å². The van der Waals surface area contributed by atoms with Crippen molar-refractivity contribution in [1.29, 1.82) is 0 Å². The molecule has 0 unspecified atom stereocenters. The Balaban J connectivity index is 2.68. The van der Waals surface area contributed by atoms with E-state index in [-0.39, 0.29) is 0 Å². The van der Waals surface area contributed by atoms with Gasteiger partial charge in [-0.15, -0.1) is 0 Å². The fourth-order valence-corrected chi connectivity index (χ4v) is 1.08. The third kappa shape index (κ3) is 3.44. The average molecular weight is 190 g/mol. The molecule has 0 saturated heterocycles. The minimum Gasteiger partial charge on any atom is -0.494 e. The lowest BCUT2D eigenvalue weighted by Gasteiger charge is -2.04. The first kappa shape index (κ1) is 10.5. The molecule has 0 atom stereocenters. The van der Waals surface area contributed by atoms with Crippen molar-refractivity contribution in [2.45, 2.75) is 13.3 Å². The molecule has 0 radical (unpaired) electrons. The molecule has 0 aromatic heterocycles. The SMILES string of the molecule is CCCOc1cccc(/C=C/C=O)c1. The molecule has 2 nitrogen and oxygen atoms in total. The first-order chi connectivity index (χ1) is 6.86. The molecule has 14 heavy (non-hydrogen) atoms. The van der Waals surface area contributed by atoms with Crippen molar-refractivity contribution in [3.8, 4) is 5.75 Å². The molecular formula is C12H14O2. The highest BCUT2D eigenvalue weighted by Gasteiger charge is 1.92. The van der Waals surface area contributed by atoms with Crippen molar-refractivity contribution in [3.05, 3.63) is 35.9 Å². The Kier molecular flexibility index (Phi) is 4.48. The Labute approximate surface area is 84.2 Å². The Morgan fingerprint density at radius 3 is 3.00 bits per heavy atom. The van der Waals surface area contributed by atoms with Gasteiger partial charge in [-0.1, -0.05) is 25.1 Å². The summed E-state index contributed by atoms with van der Waals surface area (Å²) in [5.74, 6) is 0.847. The summed E-state index contributed by atoms with van der Waals surface area (Å²) >= 11 is 0. The first-order valence-corrected chi connectivity index (χ1v) is 4.71. The number of allylic oxidation sites excluding steroid dienone is 1. The molecule has 0 fully saturated rings. The van der Waals surface area contributed by atoms with E-state index >= 15 is 0 Å². The predicted molar refractivity (Wildman–Crippen MR) is 57.3 cm³/mol. The van der Waals surface area contributed by atoms with Crippen LogP contribution in [-0.2, 0) is 4.79 Å². The highest BCUT2D eigenvalue weighted by molar-refractivity contribution is 5.74. The van der Waals surface area contributed by atoms with Crippen LogP contribution in [0.15, 0.2) is 30.3 Å².